The quantitative estimate of drug-likeness (QED) is 0.274. The molecule has 0 spiro atoms. The van der Waals surface area contributed by atoms with E-state index in [2.05, 4.69) is 15.8 Å². The van der Waals surface area contributed by atoms with Crippen LogP contribution in [0, 0.1) is 5.82 Å². The van der Waals surface area contributed by atoms with Crippen LogP contribution in [0.2, 0.25) is 0 Å². The Bertz CT molecular complexity index is 1150. The van der Waals surface area contributed by atoms with E-state index in [1.54, 1.807) is 12.1 Å². The predicted octanol–water partition coefficient (Wildman–Crippen LogP) is 2.82. The number of hydrogen-bond acceptors (Lipinski definition) is 8. The number of thiazole rings is 1. The molecule has 2 heterocycles. The molecule has 3 aromatic rings. The van der Waals surface area contributed by atoms with Gasteiger partial charge in [-0.3, -0.25) is 19.0 Å². The van der Waals surface area contributed by atoms with E-state index in [1.807, 2.05) is 13.2 Å². The molecule has 0 saturated heterocycles. The van der Waals surface area contributed by atoms with Crippen molar-refractivity contribution in [3.8, 4) is 0 Å². The van der Waals surface area contributed by atoms with Crippen LogP contribution in [0.1, 0.15) is 22.8 Å². The van der Waals surface area contributed by atoms with Crippen molar-refractivity contribution in [2.75, 3.05) is 24.8 Å². The first-order valence-electron chi connectivity index (χ1n) is 9.07. The van der Waals surface area contributed by atoms with Crippen molar-refractivity contribution in [3.63, 3.8) is 0 Å². The number of aliphatic hydroxyl groups excluding tert-OH is 1. The zero-order valence-electron chi connectivity index (χ0n) is 16.6. The Balaban J connectivity index is 2.18. The topological polar surface area (TPSA) is 105 Å². The number of amides is 1. The standard InChI is InChI=1S/C19H21FN4O4S2/c1-4-10-5-6-12(11(20)9-10)21-16-13(17(26)23-28-8-7-25)14-15(18(27)24(16)2)30-19(22-14)29-3/h5-6,9,21,25H,4,7-8H2,1-3H3,(H,23,26). The van der Waals surface area contributed by atoms with E-state index < -0.39 is 11.7 Å². The van der Waals surface area contributed by atoms with Gasteiger partial charge in [0.2, 0.25) is 0 Å². The molecule has 0 unspecified atom stereocenters. The number of hydroxylamine groups is 1. The van der Waals surface area contributed by atoms with Crippen LogP contribution >= 0.6 is 23.1 Å². The summed E-state index contributed by atoms with van der Waals surface area (Å²) in [5.74, 6) is -1.10. The zero-order valence-corrected chi connectivity index (χ0v) is 18.2. The second-order valence-electron chi connectivity index (χ2n) is 6.25. The number of halogens is 1. The molecular formula is C19H21FN4O4S2. The molecule has 0 radical (unpaired) electrons. The highest BCUT2D eigenvalue weighted by Crippen LogP contribution is 2.32. The van der Waals surface area contributed by atoms with Crippen LogP contribution in [-0.4, -0.2) is 40.0 Å². The van der Waals surface area contributed by atoms with Crippen molar-refractivity contribution in [2.45, 2.75) is 17.7 Å². The molecule has 3 N–H and O–H groups in total. The highest BCUT2D eigenvalue weighted by molar-refractivity contribution is 8.00. The first-order valence-corrected chi connectivity index (χ1v) is 11.1. The Kier molecular flexibility index (Phi) is 7.08. The minimum Gasteiger partial charge on any atom is -0.394 e. The molecule has 0 aliphatic heterocycles. The molecule has 160 valence electrons. The van der Waals surface area contributed by atoms with Crippen molar-refractivity contribution in [3.05, 3.63) is 45.5 Å². The lowest BCUT2D eigenvalue weighted by atomic mass is 10.1. The van der Waals surface area contributed by atoms with Crippen molar-refractivity contribution in [2.24, 2.45) is 7.05 Å². The van der Waals surface area contributed by atoms with Gasteiger partial charge in [-0.15, -0.1) is 11.3 Å². The van der Waals surface area contributed by atoms with Gasteiger partial charge in [-0.2, -0.15) is 0 Å². The molecule has 3 rings (SSSR count). The van der Waals surface area contributed by atoms with Crippen LogP contribution in [0.4, 0.5) is 15.9 Å². The third kappa shape index (κ3) is 4.33. The van der Waals surface area contributed by atoms with Crippen LogP contribution in [0.15, 0.2) is 27.3 Å². The number of pyridine rings is 1. The number of fused-ring (bicyclic) bond motifs is 1. The number of thioether (sulfide) groups is 1. The Morgan fingerprint density at radius 1 is 1.43 bits per heavy atom. The SMILES string of the molecule is CCc1ccc(Nc2c(C(=O)NOCCO)c3nc(SC)sc3c(=O)n2C)c(F)c1. The fourth-order valence-electron chi connectivity index (χ4n) is 2.82. The Morgan fingerprint density at radius 2 is 2.20 bits per heavy atom. The number of carbonyl (C=O) groups excluding carboxylic acids is 1. The lowest BCUT2D eigenvalue weighted by molar-refractivity contribution is 0.0169. The summed E-state index contributed by atoms with van der Waals surface area (Å²) in [4.78, 5) is 35.1. The first kappa shape index (κ1) is 22.2. The first-order chi connectivity index (χ1) is 14.4. The molecule has 0 bridgehead atoms. The number of benzene rings is 1. The number of nitrogens with one attached hydrogen (secondary N) is 2. The van der Waals surface area contributed by atoms with Crippen LogP contribution in [0.25, 0.3) is 10.2 Å². The molecule has 0 saturated carbocycles. The minimum atomic E-state index is -0.671. The molecule has 0 aliphatic rings. The number of aliphatic hydroxyl groups is 1. The normalized spacial score (nSPS) is 11.1. The fourth-order valence-corrected chi connectivity index (χ4v) is 4.36. The maximum Gasteiger partial charge on any atom is 0.280 e. The highest BCUT2D eigenvalue weighted by atomic mass is 32.2. The second-order valence-corrected chi connectivity index (χ2v) is 8.30. The third-order valence-electron chi connectivity index (χ3n) is 4.37. The van der Waals surface area contributed by atoms with E-state index in [0.29, 0.717) is 15.5 Å². The van der Waals surface area contributed by atoms with Gasteiger partial charge in [-0.05, 0) is 30.4 Å². The fraction of sp³-hybridized carbons (Fsp3) is 0.316. The molecule has 0 aliphatic carbocycles. The molecule has 0 atom stereocenters. The van der Waals surface area contributed by atoms with Crippen LogP contribution in [0.3, 0.4) is 0 Å². The summed E-state index contributed by atoms with van der Waals surface area (Å²) in [6, 6.07) is 4.72. The number of aromatic nitrogens is 2. The summed E-state index contributed by atoms with van der Waals surface area (Å²) in [6.07, 6.45) is 2.49. The van der Waals surface area contributed by atoms with Crippen molar-refractivity contribution in [1.29, 1.82) is 0 Å². The predicted molar refractivity (Wildman–Crippen MR) is 116 cm³/mol. The Labute approximate surface area is 180 Å². The molecule has 2 aromatic heterocycles. The van der Waals surface area contributed by atoms with Crippen molar-refractivity contribution >= 4 is 50.7 Å². The van der Waals surface area contributed by atoms with Gasteiger partial charge in [0.25, 0.3) is 11.5 Å². The summed E-state index contributed by atoms with van der Waals surface area (Å²) in [7, 11) is 1.49. The number of nitrogens with zero attached hydrogens (tertiary/aromatic N) is 2. The maximum absolute atomic E-state index is 14.6. The molecule has 1 aromatic carbocycles. The molecular weight excluding hydrogens is 431 g/mol. The number of rotatable bonds is 8. The summed E-state index contributed by atoms with van der Waals surface area (Å²) in [6.45, 7) is 1.53. The second kappa shape index (κ2) is 9.56. The van der Waals surface area contributed by atoms with E-state index in [9.17, 15) is 14.0 Å². The van der Waals surface area contributed by atoms with Gasteiger partial charge in [-0.25, -0.2) is 14.9 Å². The van der Waals surface area contributed by atoms with E-state index >= 15 is 0 Å². The number of carbonyl (C=O) groups is 1. The lowest BCUT2D eigenvalue weighted by Gasteiger charge is -2.17. The summed E-state index contributed by atoms with van der Waals surface area (Å²) in [5, 5.41) is 11.7. The van der Waals surface area contributed by atoms with Gasteiger partial charge in [0.15, 0.2) is 4.34 Å². The minimum absolute atomic E-state index is 0.0422. The van der Waals surface area contributed by atoms with Gasteiger partial charge in [-0.1, -0.05) is 24.8 Å². The summed E-state index contributed by atoms with van der Waals surface area (Å²) in [5.41, 5.74) is 3.06. The van der Waals surface area contributed by atoms with E-state index in [-0.39, 0.29) is 41.4 Å². The summed E-state index contributed by atoms with van der Waals surface area (Å²) < 4.78 is 16.8. The van der Waals surface area contributed by atoms with Crippen molar-refractivity contribution in [1.82, 2.24) is 15.0 Å². The monoisotopic (exact) mass is 452 g/mol. The number of aryl methyl sites for hydroxylation is 1. The van der Waals surface area contributed by atoms with Crippen molar-refractivity contribution < 1.29 is 19.1 Å². The van der Waals surface area contributed by atoms with Gasteiger partial charge in [0.1, 0.15) is 27.4 Å². The van der Waals surface area contributed by atoms with E-state index in [1.165, 1.54) is 40.8 Å². The van der Waals surface area contributed by atoms with E-state index in [4.69, 9.17) is 9.94 Å². The Morgan fingerprint density at radius 3 is 2.83 bits per heavy atom. The van der Waals surface area contributed by atoms with Crippen LogP contribution < -0.4 is 16.4 Å². The van der Waals surface area contributed by atoms with Gasteiger partial charge >= 0.3 is 0 Å². The molecule has 0 fully saturated rings. The van der Waals surface area contributed by atoms with Gasteiger partial charge < -0.3 is 10.4 Å². The molecule has 30 heavy (non-hydrogen) atoms. The molecule has 8 nitrogen and oxygen atoms in total. The average molecular weight is 453 g/mol. The van der Waals surface area contributed by atoms with Crippen LogP contribution in [-0.2, 0) is 18.3 Å². The van der Waals surface area contributed by atoms with Gasteiger partial charge in [0.05, 0.1) is 18.9 Å². The number of hydrogen-bond donors (Lipinski definition) is 3. The third-order valence-corrected chi connectivity index (χ3v) is 6.40. The van der Waals surface area contributed by atoms with E-state index in [0.717, 1.165) is 5.56 Å². The maximum atomic E-state index is 14.6. The number of anilines is 2. The Hall–Kier alpha value is -2.47. The highest BCUT2D eigenvalue weighted by Gasteiger charge is 2.25. The zero-order chi connectivity index (χ0) is 21.8. The molecule has 1 amide bonds. The largest absolute Gasteiger partial charge is 0.394 e. The smallest absolute Gasteiger partial charge is 0.280 e. The average Bonchev–Trinajstić information content (AvgIpc) is 3.17. The van der Waals surface area contributed by atoms with Gasteiger partial charge in [0, 0.05) is 7.05 Å². The molecule has 11 heteroatoms. The lowest BCUT2D eigenvalue weighted by Crippen LogP contribution is -2.30. The summed E-state index contributed by atoms with van der Waals surface area (Å²) >= 11 is 2.53. The van der Waals surface area contributed by atoms with Crippen LogP contribution in [0.5, 0.6) is 0 Å².